The van der Waals surface area contributed by atoms with Crippen LogP contribution in [0.2, 0.25) is 0 Å². The number of rotatable bonds is 8. The van der Waals surface area contributed by atoms with E-state index < -0.39 is 0 Å². The van der Waals surface area contributed by atoms with Crippen LogP contribution in [0.15, 0.2) is 28.7 Å². The maximum absolute atomic E-state index is 11.7. The molecule has 0 fully saturated rings. The first-order valence-corrected chi connectivity index (χ1v) is 7.47. The molecule has 1 rings (SSSR count). The molecule has 0 aliphatic heterocycles. The van der Waals surface area contributed by atoms with E-state index in [2.05, 4.69) is 52.5 Å². The Bertz CT molecular complexity index is 418. The van der Waals surface area contributed by atoms with E-state index in [1.807, 2.05) is 12.1 Å². The molecule has 0 spiro atoms. The number of methoxy groups -OCH3 is 1. The van der Waals surface area contributed by atoms with E-state index >= 15 is 0 Å². The van der Waals surface area contributed by atoms with Crippen molar-refractivity contribution < 1.29 is 9.53 Å². The highest BCUT2D eigenvalue weighted by molar-refractivity contribution is 9.10. The highest BCUT2D eigenvalue weighted by atomic mass is 79.9. The average molecular weight is 343 g/mol. The van der Waals surface area contributed by atoms with Crippen LogP contribution in [0.3, 0.4) is 0 Å². The molecule has 0 heterocycles. The van der Waals surface area contributed by atoms with Gasteiger partial charge in [-0.05, 0) is 17.7 Å². The number of nitrogens with one attached hydrogen (secondary N) is 2. The highest BCUT2D eigenvalue weighted by Gasteiger charge is 2.21. The molecular formula is C15H23BrN2O2. The SMILES string of the molecule is COCCNCC(=O)NCC(C)(C)c1ccc(Br)cc1. The lowest BCUT2D eigenvalue weighted by atomic mass is 9.84. The summed E-state index contributed by atoms with van der Waals surface area (Å²) in [6.07, 6.45) is 0. The largest absolute Gasteiger partial charge is 0.383 e. The Labute approximate surface area is 129 Å². The number of benzene rings is 1. The van der Waals surface area contributed by atoms with Crippen molar-refractivity contribution in [1.29, 1.82) is 0 Å². The van der Waals surface area contributed by atoms with Gasteiger partial charge < -0.3 is 15.4 Å². The van der Waals surface area contributed by atoms with Crippen LogP contribution in [0.1, 0.15) is 19.4 Å². The number of carbonyl (C=O) groups is 1. The van der Waals surface area contributed by atoms with Crippen LogP contribution < -0.4 is 10.6 Å². The third kappa shape index (κ3) is 6.03. The van der Waals surface area contributed by atoms with Crippen LogP contribution in [-0.2, 0) is 14.9 Å². The Morgan fingerprint density at radius 1 is 1.30 bits per heavy atom. The molecule has 1 amide bonds. The molecule has 1 aromatic carbocycles. The molecule has 0 saturated carbocycles. The van der Waals surface area contributed by atoms with Gasteiger partial charge >= 0.3 is 0 Å². The quantitative estimate of drug-likeness (QED) is 0.711. The van der Waals surface area contributed by atoms with E-state index in [-0.39, 0.29) is 11.3 Å². The minimum atomic E-state index is -0.0944. The molecule has 5 heteroatoms. The molecule has 0 bridgehead atoms. The molecule has 0 radical (unpaired) electrons. The monoisotopic (exact) mass is 342 g/mol. The zero-order chi connectivity index (χ0) is 15.0. The predicted octanol–water partition coefficient (Wildman–Crippen LogP) is 2.08. The first kappa shape index (κ1) is 17.1. The van der Waals surface area contributed by atoms with Crippen molar-refractivity contribution in [3.8, 4) is 0 Å². The first-order chi connectivity index (χ1) is 9.45. The zero-order valence-electron chi connectivity index (χ0n) is 12.3. The van der Waals surface area contributed by atoms with Crippen LogP contribution in [0.5, 0.6) is 0 Å². The van der Waals surface area contributed by atoms with Crippen LogP contribution >= 0.6 is 15.9 Å². The summed E-state index contributed by atoms with van der Waals surface area (Å²) in [5, 5.41) is 5.99. The minimum Gasteiger partial charge on any atom is -0.383 e. The second kappa shape index (κ2) is 8.39. The Morgan fingerprint density at radius 2 is 1.95 bits per heavy atom. The van der Waals surface area contributed by atoms with Gasteiger partial charge in [-0.3, -0.25) is 4.79 Å². The van der Waals surface area contributed by atoms with Gasteiger partial charge in [0.05, 0.1) is 13.2 Å². The van der Waals surface area contributed by atoms with Crippen LogP contribution in [0, 0.1) is 0 Å². The minimum absolute atomic E-state index is 0.00582. The number of hydrogen-bond donors (Lipinski definition) is 2. The fourth-order valence-electron chi connectivity index (χ4n) is 1.76. The smallest absolute Gasteiger partial charge is 0.233 e. The molecule has 0 saturated heterocycles. The molecule has 1 aromatic rings. The van der Waals surface area contributed by atoms with Gasteiger partial charge in [0, 0.05) is 30.1 Å². The van der Waals surface area contributed by atoms with Gasteiger partial charge in [-0.15, -0.1) is 0 Å². The number of amides is 1. The van der Waals surface area contributed by atoms with Crippen molar-refractivity contribution >= 4 is 21.8 Å². The molecule has 0 unspecified atom stereocenters. The summed E-state index contributed by atoms with van der Waals surface area (Å²) in [6.45, 7) is 6.46. The molecule has 0 aromatic heterocycles. The van der Waals surface area contributed by atoms with Crippen molar-refractivity contribution in [3.63, 3.8) is 0 Å². The second-order valence-corrected chi connectivity index (χ2v) is 6.25. The fourth-order valence-corrected chi connectivity index (χ4v) is 2.03. The molecule has 112 valence electrons. The summed E-state index contributed by atoms with van der Waals surface area (Å²) in [4.78, 5) is 11.7. The van der Waals surface area contributed by atoms with Crippen LogP contribution in [-0.4, -0.2) is 39.3 Å². The molecule has 20 heavy (non-hydrogen) atoms. The fraction of sp³-hybridized carbons (Fsp3) is 0.533. The van der Waals surface area contributed by atoms with Crippen molar-refractivity contribution in [2.45, 2.75) is 19.3 Å². The lowest BCUT2D eigenvalue weighted by molar-refractivity contribution is -0.120. The zero-order valence-corrected chi connectivity index (χ0v) is 13.9. The number of carbonyl (C=O) groups excluding carboxylic acids is 1. The maximum Gasteiger partial charge on any atom is 0.233 e. The van der Waals surface area contributed by atoms with E-state index in [0.29, 0.717) is 26.2 Å². The van der Waals surface area contributed by atoms with Crippen molar-refractivity contribution in [2.75, 3.05) is 33.4 Å². The van der Waals surface area contributed by atoms with Crippen LogP contribution in [0.25, 0.3) is 0 Å². The van der Waals surface area contributed by atoms with Crippen molar-refractivity contribution in [1.82, 2.24) is 10.6 Å². The summed E-state index contributed by atoms with van der Waals surface area (Å²) >= 11 is 3.43. The van der Waals surface area contributed by atoms with Gasteiger partial charge in [-0.25, -0.2) is 0 Å². The van der Waals surface area contributed by atoms with E-state index in [9.17, 15) is 4.79 Å². The Balaban J connectivity index is 2.39. The summed E-state index contributed by atoms with van der Waals surface area (Å²) in [6, 6.07) is 8.19. The summed E-state index contributed by atoms with van der Waals surface area (Å²) in [7, 11) is 1.64. The van der Waals surface area contributed by atoms with Crippen molar-refractivity contribution in [3.05, 3.63) is 34.3 Å². The lowest BCUT2D eigenvalue weighted by Crippen LogP contribution is -2.41. The molecule has 0 aliphatic carbocycles. The Kier molecular flexibility index (Phi) is 7.19. The first-order valence-electron chi connectivity index (χ1n) is 6.68. The summed E-state index contributed by atoms with van der Waals surface area (Å²) in [5.74, 6) is 0.00582. The summed E-state index contributed by atoms with van der Waals surface area (Å²) < 4.78 is 5.97. The topological polar surface area (TPSA) is 50.4 Å². The molecule has 2 N–H and O–H groups in total. The van der Waals surface area contributed by atoms with Gasteiger partial charge in [0.15, 0.2) is 0 Å². The second-order valence-electron chi connectivity index (χ2n) is 5.34. The van der Waals surface area contributed by atoms with Gasteiger partial charge in [-0.2, -0.15) is 0 Å². The third-order valence-electron chi connectivity index (χ3n) is 3.12. The standard InChI is InChI=1S/C15H23BrN2O2/c1-15(2,12-4-6-13(16)7-5-12)11-18-14(19)10-17-8-9-20-3/h4-7,17H,8-11H2,1-3H3,(H,18,19). The van der Waals surface area contributed by atoms with Crippen LogP contribution in [0.4, 0.5) is 0 Å². The maximum atomic E-state index is 11.7. The van der Waals surface area contributed by atoms with E-state index in [0.717, 1.165) is 4.47 Å². The third-order valence-corrected chi connectivity index (χ3v) is 3.65. The number of ether oxygens (including phenoxy) is 1. The highest BCUT2D eigenvalue weighted by Crippen LogP contribution is 2.23. The number of halogens is 1. The Morgan fingerprint density at radius 3 is 2.55 bits per heavy atom. The van der Waals surface area contributed by atoms with Gasteiger partial charge in [0.1, 0.15) is 0 Å². The molecule has 0 aliphatic rings. The predicted molar refractivity (Wildman–Crippen MR) is 84.9 cm³/mol. The van der Waals surface area contributed by atoms with Gasteiger partial charge in [-0.1, -0.05) is 41.9 Å². The normalized spacial score (nSPS) is 11.4. The number of hydrogen-bond acceptors (Lipinski definition) is 3. The summed E-state index contributed by atoms with van der Waals surface area (Å²) in [5.41, 5.74) is 1.11. The average Bonchev–Trinajstić information content (AvgIpc) is 2.42. The van der Waals surface area contributed by atoms with E-state index in [4.69, 9.17) is 4.74 Å². The van der Waals surface area contributed by atoms with Crippen molar-refractivity contribution in [2.24, 2.45) is 0 Å². The van der Waals surface area contributed by atoms with Gasteiger partial charge in [0.2, 0.25) is 5.91 Å². The Hall–Kier alpha value is -0.910. The van der Waals surface area contributed by atoms with E-state index in [1.165, 1.54) is 5.56 Å². The lowest BCUT2D eigenvalue weighted by Gasteiger charge is -2.25. The molecular weight excluding hydrogens is 320 g/mol. The molecule has 4 nitrogen and oxygen atoms in total. The molecule has 0 atom stereocenters. The van der Waals surface area contributed by atoms with E-state index in [1.54, 1.807) is 7.11 Å². The van der Waals surface area contributed by atoms with Gasteiger partial charge in [0.25, 0.3) is 0 Å².